The van der Waals surface area contributed by atoms with Crippen LogP contribution >= 0.6 is 0 Å². The number of halogens is 1. The van der Waals surface area contributed by atoms with Gasteiger partial charge < -0.3 is 9.88 Å². The van der Waals surface area contributed by atoms with Gasteiger partial charge in [0.1, 0.15) is 11.6 Å². The lowest BCUT2D eigenvalue weighted by molar-refractivity contribution is -0.129. The number of aromatic nitrogens is 3. The molecule has 1 aromatic heterocycles. The first kappa shape index (κ1) is 15.6. The molecule has 122 valence electrons. The Labute approximate surface area is 134 Å². The van der Waals surface area contributed by atoms with Gasteiger partial charge >= 0.3 is 0 Å². The number of hydrogen-bond donors (Lipinski definition) is 1. The van der Waals surface area contributed by atoms with Crippen molar-refractivity contribution in [2.75, 3.05) is 0 Å². The predicted molar refractivity (Wildman–Crippen MR) is 85.1 cm³/mol. The molecule has 0 unspecified atom stereocenters. The van der Waals surface area contributed by atoms with Crippen molar-refractivity contribution in [3.05, 3.63) is 35.9 Å². The summed E-state index contributed by atoms with van der Waals surface area (Å²) in [6, 6.07) is 6.29. The molecule has 1 aliphatic rings. The first-order chi connectivity index (χ1) is 10.8. The van der Waals surface area contributed by atoms with E-state index in [2.05, 4.69) is 15.5 Å². The van der Waals surface area contributed by atoms with Gasteiger partial charge in [-0.2, -0.15) is 0 Å². The van der Waals surface area contributed by atoms with Crippen LogP contribution in [-0.2, 0) is 17.8 Å². The SMILES string of the molecule is CC(C)(C)C(=O)N[C@H]1CCc2nnc(-c3ccc(F)cc3)n2C1. The summed E-state index contributed by atoms with van der Waals surface area (Å²) >= 11 is 0. The van der Waals surface area contributed by atoms with Crippen LogP contribution in [0.5, 0.6) is 0 Å². The Morgan fingerprint density at radius 3 is 2.61 bits per heavy atom. The molecule has 1 atom stereocenters. The summed E-state index contributed by atoms with van der Waals surface area (Å²) in [4.78, 5) is 12.2. The molecule has 2 heterocycles. The Balaban J connectivity index is 1.81. The van der Waals surface area contributed by atoms with Crippen molar-refractivity contribution in [3.63, 3.8) is 0 Å². The Morgan fingerprint density at radius 1 is 1.26 bits per heavy atom. The van der Waals surface area contributed by atoms with Gasteiger partial charge in [0.25, 0.3) is 0 Å². The average molecular weight is 316 g/mol. The fourth-order valence-corrected chi connectivity index (χ4v) is 2.66. The molecule has 1 aromatic carbocycles. The zero-order valence-electron chi connectivity index (χ0n) is 13.6. The van der Waals surface area contributed by atoms with E-state index in [-0.39, 0.29) is 17.8 Å². The molecule has 1 aliphatic heterocycles. The Bertz CT molecular complexity index is 715. The third-order valence-electron chi connectivity index (χ3n) is 4.07. The number of benzene rings is 1. The highest BCUT2D eigenvalue weighted by Gasteiger charge is 2.28. The monoisotopic (exact) mass is 316 g/mol. The molecular formula is C17H21FN4O. The zero-order chi connectivity index (χ0) is 16.6. The van der Waals surface area contributed by atoms with Crippen LogP contribution in [0, 0.1) is 11.2 Å². The topological polar surface area (TPSA) is 59.8 Å². The van der Waals surface area contributed by atoms with Crippen LogP contribution in [0.15, 0.2) is 24.3 Å². The van der Waals surface area contributed by atoms with E-state index in [1.165, 1.54) is 12.1 Å². The number of hydrogen-bond acceptors (Lipinski definition) is 3. The third kappa shape index (κ3) is 3.25. The van der Waals surface area contributed by atoms with Crippen LogP contribution in [-0.4, -0.2) is 26.7 Å². The molecule has 1 amide bonds. The number of nitrogens with one attached hydrogen (secondary N) is 1. The Hall–Kier alpha value is -2.24. The van der Waals surface area contributed by atoms with Crippen LogP contribution in [0.1, 0.15) is 33.0 Å². The first-order valence-corrected chi connectivity index (χ1v) is 7.83. The molecule has 2 aromatic rings. The Kier molecular flexibility index (Phi) is 3.92. The van der Waals surface area contributed by atoms with Gasteiger partial charge in [0.05, 0.1) is 0 Å². The molecule has 5 nitrogen and oxygen atoms in total. The van der Waals surface area contributed by atoms with Crippen molar-refractivity contribution in [3.8, 4) is 11.4 Å². The second-order valence-electron chi connectivity index (χ2n) is 7.02. The second-order valence-corrected chi connectivity index (χ2v) is 7.02. The van der Waals surface area contributed by atoms with E-state index in [0.29, 0.717) is 6.54 Å². The van der Waals surface area contributed by atoms with Gasteiger partial charge in [-0.25, -0.2) is 4.39 Å². The molecule has 1 N–H and O–H groups in total. The van der Waals surface area contributed by atoms with Crippen LogP contribution in [0.4, 0.5) is 4.39 Å². The van der Waals surface area contributed by atoms with E-state index in [1.807, 2.05) is 25.3 Å². The van der Waals surface area contributed by atoms with E-state index in [1.54, 1.807) is 12.1 Å². The number of aryl methyl sites for hydroxylation is 1. The fourth-order valence-electron chi connectivity index (χ4n) is 2.66. The molecule has 0 bridgehead atoms. The van der Waals surface area contributed by atoms with Crippen LogP contribution < -0.4 is 5.32 Å². The summed E-state index contributed by atoms with van der Waals surface area (Å²) < 4.78 is 15.1. The first-order valence-electron chi connectivity index (χ1n) is 7.83. The summed E-state index contributed by atoms with van der Waals surface area (Å²) in [5.41, 5.74) is 0.417. The lowest BCUT2D eigenvalue weighted by Crippen LogP contribution is -2.45. The number of nitrogens with zero attached hydrogens (tertiary/aromatic N) is 3. The van der Waals surface area contributed by atoms with Gasteiger partial charge in [-0.3, -0.25) is 4.79 Å². The van der Waals surface area contributed by atoms with Gasteiger partial charge in [0.2, 0.25) is 5.91 Å². The zero-order valence-corrected chi connectivity index (χ0v) is 13.6. The van der Waals surface area contributed by atoms with Crippen LogP contribution in [0.2, 0.25) is 0 Å². The average Bonchev–Trinajstić information content (AvgIpc) is 2.90. The molecule has 0 saturated carbocycles. The number of fused-ring (bicyclic) bond motifs is 1. The van der Waals surface area contributed by atoms with E-state index in [9.17, 15) is 9.18 Å². The van der Waals surface area contributed by atoms with Crippen molar-refractivity contribution in [2.45, 2.75) is 46.2 Å². The normalized spacial score (nSPS) is 17.7. The van der Waals surface area contributed by atoms with Gasteiger partial charge in [-0.1, -0.05) is 20.8 Å². The highest BCUT2D eigenvalue weighted by molar-refractivity contribution is 5.81. The van der Waals surface area contributed by atoms with Crippen molar-refractivity contribution in [1.82, 2.24) is 20.1 Å². The van der Waals surface area contributed by atoms with Crippen molar-refractivity contribution in [2.24, 2.45) is 5.41 Å². The number of amides is 1. The van der Waals surface area contributed by atoms with Crippen LogP contribution in [0.3, 0.4) is 0 Å². The van der Waals surface area contributed by atoms with Crippen molar-refractivity contribution >= 4 is 5.91 Å². The Morgan fingerprint density at radius 2 is 1.96 bits per heavy atom. The van der Waals surface area contributed by atoms with Gasteiger partial charge in [0, 0.05) is 30.0 Å². The summed E-state index contributed by atoms with van der Waals surface area (Å²) in [5, 5.41) is 11.6. The third-order valence-corrected chi connectivity index (χ3v) is 4.07. The van der Waals surface area contributed by atoms with E-state index in [4.69, 9.17) is 0 Å². The maximum atomic E-state index is 13.1. The number of carbonyl (C=O) groups is 1. The molecule has 0 fully saturated rings. The second kappa shape index (κ2) is 5.76. The predicted octanol–water partition coefficient (Wildman–Crippen LogP) is 2.56. The van der Waals surface area contributed by atoms with Crippen molar-refractivity contribution < 1.29 is 9.18 Å². The highest BCUT2D eigenvalue weighted by atomic mass is 19.1. The minimum Gasteiger partial charge on any atom is -0.351 e. The minimum absolute atomic E-state index is 0.0438. The minimum atomic E-state index is -0.409. The van der Waals surface area contributed by atoms with E-state index < -0.39 is 5.41 Å². The van der Waals surface area contributed by atoms with Crippen molar-refractivity contribution in [1.29, 1.82) is 0 Å². The molecule has 6 heteroatoms. The maximum absolute atomic E-state index is 13.1. The lowest BCUT2D eigenvalue weighted by atomic mass is 9.94. The fraction of sp³-hybridized carbons (Fsp3) is 0.471. The van der Waals surface area contributed by atoms with Gasteiger partial charge in [-0.15, -0.1) is 10.2 Å². The lowest BCUT2D eigenvalue weighted by Gasteiger charge is -2.28. The summed E-state index contributed by atoms with van der Waals surface area (Å²) in [7, 11) is 0. The highest BCUT2D eigenvalue weighted by Crippen LogP contribution is 2.24. The molecule has 0 radical (unpaired) electrons. The standard InChI is InChI=1S/C17H21FN4O/c1-17(2,3)16(23)19-13-8-9-14-20-21-15(22(14)10-13)11-4-6-12(18)7-5-11/h4-7,13H,8-10H2,1-3H3,(H,19,23)/t13-/m0/s1. The van der Waals surface area contributed by atoms with Gasteiger partial charge in [0.15, 0.2) is 5.82 Å². The smallest absolute Gasteiger partial charge is 0.225 e. The van der Waals surface area contributed by atoms with E-state index >= 15 is 0 Å². The molecule has 0 spiro atoms. The maximum Gasteiger partial charge on any atom is 0.225 e. The van der Waals surface area contributed by atoms with E-state index in [0.717, 1.165) is 30.1 Å². The van der Waals surface area contributed by atoms with Crippen LogP contribution in [0.25, 0.3) is 11.4 Å². The molecule has 23 heavy (non-hydrogen) atoms. The summed E-state index contributed by atoms with van der Waals surface area (Å²) in [6.07, 6.45) is 1.62. The molecule has 3 rings (SSSR count). The number of rotatable bonds is 2. The summed E-state index contributed by atoms with van der Waals surface area (Å²) in [5.74, 6) is 1.39. The molecule has 0 aliphatic carbocycles. The quantitative estimate of drug-likeness (QED) is 0.926. The number of carbonyl (C=O) groups excluding carboxylic acids is 1. The summed E-state index contributed by atoms with van der Waals surface area (Å²) in [6.45, 7) is 6.34. The largest absolute Gasteiger partial charge is 0.351 e. The van der Waals surface area contributed by atoms with Gasteiger partial charge in [-0.05, 0) is 30.7 Å². The molecule has 0 saturated heterocycles. The molecular weight excluding hydrogens is 295 g/mol.